The minimum atomic E-state index is -3.99. The molecule has 176 valence electrons. The molecular weight excluding hydrogens is 444 g/mol. The predicted molar refractivity (Wildman–Crippen MR) is 122 cm³/mol. The molecule has 0 bridgehead atoms. The summed E-state index contributed by atoms with van der Waals surface area (Å²) in [5.41, 5.74) is 0.921. The number of likely N-dealkylation sites (N-methyl/N-ethyl adjacent to an activating group) is 1. The van der Waals surface area contributed by atoms with E-state index in [9.17, 15) is 22.8 Å². The Labute approximate surface area is 194 Å². The number of carbonyl (C=O) groups is 3. The number of sulfonamides is 1. The van der Waals surface area contributed by atoms with Crippen LogP contribution in [-0.2, 0) is 24.3 Å². The van der Waals surface area contributed by atoms with Crippen LogP contribution in [0.3, 0.4) is 0 Å². The first-order valence-electron chi connectivity index (χ1n) is 10.8. The second kappa shape index (κ2) is 10.7. The lowest BCUT2D eigenvalue weighted by molar-refractivity contribution is -0.161. The molecule has 0 spiro atoms. The third-order valence-electron chi connectivity index (χ3n) is 5.56. The van der Waals surface area contributed by atoms with Crippen LogP contribution in [-0.4, -0.2) is 62.0 Å². The van der Waals surface area contributed by atoms with E-state index in [4.69, 9.17) is 4.74 Å². The van der Waals surface area contributed by atoms with E-state index in [0.29, 0.717) is 24.2 Å². The molecule has 0 radical (unpaired) electrons. The Balaban J connectivity index is 1.73. The molecule has 1 aliphatic heterocycles. The highest BCUT2D eigenvalue weighted by molar-refractivity contribution is 7.89. The minimum Gasteiger partial charge on any atom is -0.446 e. The number of piperidine rings is 1. The molecule has 1 saturated heterocycles. The van der Waals surface area contributed by atoms with Gasteiger partial charge in [-0.15, -0.1) is 0 Å². The highest BCUT2D eigenvalue weighted by Crippen LogP contribution is 2.23. The Kier molecular flexibility index (Phi) is 7.99. The van der Waals surface area contributed by atoms with Crippen molar-refractivity contribution in [1.29, 1.82) is 0 Å². The number of ketones is 1. The number of nitrogens with zero attached hydrogens (tertiary/aromatic N) is 2. The van der Waals surface area contributed by atoms with Gasteiger partial charge in [0.25, 0.3) is 5.91 Å². The standard InChI is InChI=1S/C24H28N2O6S/c1-18(27)19-11-13-21(14-12-19)33(30,31)25(2)17-22(28)32-23(20-9-5-3-6-10-20)24(29)26-15-7-4-8-16-26/h3,5-6,9-14,23H,4,7-8,15-17H2,1-2H3. The summed E-state index contributed by atoms with van der Waals surface area (Å²) in [4.78, 5) is 38.9. The van der Waals surface area contributed by atoms with Gasteiger partial charge in [-0.25, -0.2) is 8.42 Å². The van der Waals surface area contributed by atoms with Gasteiger partial charge in [-0.2, -0.15) is 4.31 Å². The van der Waals surface area contributed by atoms with Gasteiger partial charge in [0.05, 0.1) is 4.90 Å². The van der Waals surface area contributed by atoms with E-state index >= 15 is 0 Å². The molecule has 0 saturated carbocycles. The molecule has 1 atom stereocenters. The third kappa shape index (κ3) is 6.06. The van der Waals surface area contributed by atoms with Crippen LogP contribution in [0.4, 0.5) is 0 Å². The number of rotatable bonds is 8. The second-order valence-electron chi connectivity index (χ2n) is 8.01. The lowest BCUT2D eigenvalue weighted by atomic mass is 10.1. The molecule has 2 aromatic rings. The number of hydrogen-bond donors (Lipinski definition) is 0. The van der Waals surface area contributed by atoms with E-state index in [1.54, 1.807) is 35.2 Å². The molecule has 8 nitrogen and oxygen atoms in total. The van der Waals surface area contributed by atoms with Gasteiger partial charge in [-0.1, -0.05) is 42.5 Å². The molecule has 9 heteroatoms. The van der Waals surface area contributed by atoms with Crippen LogP contribution in [0.15, 0.2) is 59.5 Å². The largest absolute Gasteiger partial charge is 0.446 e. The molecule has 1 unspecified atom stereocenters. The maximum Gasteiger partial charge on any atom is 0.322 e. The summed E-state index contributed by atoms with van der Waals surface area (Å²) in [5, 5.41) is 0. The molecule has 0 N–H and O–H groups in total. The van der Waals surface area contributed by atoms with E-state index in [0.717, 1.165) is 23.6 Å². The SMILES string of the molecule is CC(=O)c1ccc(S(=O)(=O)N(C)CC(=O)OC(C(=O)N2CCCCC2)c2ccccc2)cc1. The van der Waals surface area contributed by atoms with Crippen molar-refractivity contribution in [3.63, 3.8) is 0 Å². The Morgan fingerprint density at radius 2 is 1.58 bits per heavy atom. The summed E-state index contributed by atoms with van der Waals surface area (Å²) >= 11 is 0. The zero-order valence-corrected chi connectivity index (χ0v) is 19.6. The van der Waals surface area contributed by atoms with Crippen LogP contribution in [0.5, 0.6) is 0 Å². The number of esters is 1. The lowest BCUT2D eigenvalue weighted by Gasteiger charge is -2.30. The number of likely N-dealkylation sites (tertiary alicyclic amines) is 1. The summed E-state index contributed by atoms with van der Waals surface area (Å²) < 4.78 is 32.1. The fraction of sp³-hybridized carbons (Fsp3) is 0.375. The zero-order chi connectivity index (χ0) is 24.0. The first-order chi connectivity index (χ1) is 15.7. The first kappa shape index (κ1) is 24.6. The van der Waals surface area contributed by atoms with E-state index in [-0.39, 0.29) is 16.6 Å². The molecule has 1 aliphatic rings. The normalized spacial score (nSPS) is 15.2. The fourth-order valence-corrected chi connectivity index (χ4v) is 4.76. The molecule has 2 aromatic carbocycles. The van der Waals surface area contributed by atoms with Gasteiger partial charge in [0, 0.05) is 31.3 Å². The van der Waals surface area contributed by atoms with Crippen molar-refractivity contribution in [2.24, 2.45) is 0 Å². The van der Waals surface area contributed by atoms with Crippen LogP contribution in [0.25, 0.3) is 0 Å². The Morgan fingerprint density at radius 3 is 2.15 bits per heavy atom. The molecule has 0 aliphatic carbocycles. The van der Waals surface area contributed by atoms with E-state index in [2.05, 4.69) is 0 Å². The fourth-order valence-electron chi connectivity index (χ4n) is 3.65. The minimum absolute atomic E-state index is 0.0493. The van der Waals surface area contributed by atoms with Crippen LogP contribution < -0.4 is 0 Å². The van der Waals surface area contributed by atoms with Crippen molar-refractivity contribution < 1.29 is 27.5 Å². The molecule has 33 heavy (non-hydrogen) atoms. The van der Waals surface area contributed by atoms with Crippen molar-refractivity contribution in [2.45, 2.75) is 37.2 Å². The average molecular weight is 473 g/mol. The number of amides is 1. The number of Topliss-reactive ketones (excluding diaryl/α,β-unsaturated/α-hetero) is 1. The first-order valence-corrected chi connectivity index (χ1v) is 12.2. The Morgan fingerprint density at radius 1 is 0.970 bits per heavy atom. The summed E-state index contributed by atoms with van der Waals surface area (Å²) in [6, 6.07) is 14.2. The van der Waals surface area contributed by atoms with Gasteiger partial charge in [-0.05, 0) is 38.3 Å². The number of benzene rings is 2. The maximum absolute atomic E-state index is 13.1. The molecule has 1 heterocycles. The zero-order valence-electron chi connectivity index (χ0n) is 18.8. The van der Waals surface area contributed by atoms with E-state index < -0.39 is 28.6 Å². The molecule has 3 rings (SSSR count). The molecule has 1 amide bonds. The van der Waals surface area contributed by atoms with E-state index in [1.165, 1.54) is 38.2 Å². The molecule has 0 aromatic heterocycles. The summed E-state index contributed by atoms with van der Waals surface area (Å²) in [6.07, 6.45) is 1.70. The van der Waals surface area contributed by atoms with Crippen molar-refractivity contribution in [3.05, 3.63) is 65.7 Å². The van der Waals surface area contributed by atoms with Gasteiger partial charge in [0.15, 0.2) is 5.78 Å². The summed E-state index contributed by atoms with van der Waals surface area (Å²) in [7, 11) is -2.73. The van der Waals surface area contributed by atoms with Crippen LogP contribution in [0, 0.1) is 0 Å². The van der Waals surface area contributed by atoms with Crippen LogP contribution >= 0.6 is 0 Å². The average Bonchev–Trinajstić information content (AvgIpc) is 2.83. The van der Waals surface area contributed by atoms with Crippen molar-refractivity contribution in [2.75, 3.05) is 26.7 Å². The number of ether oxygens (including phenoxy) is 1. The monoisotopic (exact) mass is 472 g/mol. The molecular formula is C24H28N2O6S. The van der Waals surface area contributed by atoms with E-state index in [1.807, 2.05) is 0 Å². The predicted octanol–water partition coefficient (Wildman–Crippen LogP) is 2.81. The Hall–Kier alpha value is -3.04. The van der Waals surface area contributed by atoms with Crippen molar-refractivity contribution >= 4 is 27.7 Å². The van der Waals surface area contributed by atoms with Crippen LogP contribution in [0.2, 0.25) is 0 Å². The summed E-state index contributed by atoms with van der Waals surface area (Å²) in [6.45, 7) is 2.03. The van der Waals surface area contributed by atoms with Crippen LogP contribution in [0.1, 0.15) is 48.2 Å². The van der Waals surface area contributed by atoms with Gasteiger partial charge < -0.3 is 9.64 Å². The lowest BCUT2D eigenvalue weighted by Crippen LogP contribution is -2.41. The third-order valence-corrected chi connectivity index (χ3v) is 7.38. The Bertz CT molecular complexity index is 1090. The summed E-state index contributed by atoms with van der Waals surface area (Å²) in [5.74, 6) is -1.32. The van der Waals surface area contributed by atoms with Gasteiger partial charge >= 0.3 is 5.97 Å². The maximum atomic E-state index is 13.1. The quantitative estimate of drug-likeness (QED) is 0.433. The highest BCUT2D eigenvalue weighted by Gasteiger charge is 2.32. The smallest absolute Gasteiger partial charge is 0.322 e. The number of hydrogen-bond acceptors (Lipinski definition) is 6. The topological polar surface area (TPSA) is 101 Å². The highest BCUT2D eigenvalue weighted by atomic mass is 32.2. The van der Waals surface area contributed by atoms with Gasteiger partial charge in [-0.3, -0.25) is 14.4 Å². The van der Waals surface area contributed by atoms with Crippen molar-refractivity contribution in [3.8, 4) is 0 Å². The second-order valence-corrected chi connectivity index (χ2v) is 10.1. The van der Waals surface area contributed by atoms with Gasteiger partial charge in [0.1, 0.15) is 6.54 Å². The van der Waals surface area contributed by atoms with Gasteiger partial charge in [0.2, 0.25) is 16.1 Å². The number of carbonyl (C=O) groups excluding carboxylic acids is 3. The van der Waals surface area contributed by atoms with Crippen molar-refractivity contribution in [1.82, 2.24) is 9.21 Å². The molecule has 1 fully saturated rings.